The highest BCUT2D eigenvalue weighted by Crippen LogP contribution is 2.22. The van der Waals surface area contributed by atoms with Crippen LogP contribution in [0, 0.1) is 0 Å². The van der Waals surface area contributed by atoms with Gasteiger partial charge in [0.2, 0.25) is 11.8 Å². The van der Waals surface area contributed by atoms with Crippen LogP contribution in [0.3, 0.4) is 0 Å². The van der Waals surface area contributed by atoms with Gasteiger partial charge in [-0.2, -0.15) is 0 Å². The van der Waals surface area contributed by atoms with Gasteiger partial charge in [0.25, 0.3) is 0 Å². The number of nitrogens with one attached hydrogen (secondary N) is 1. The molecule has 0 aromatic heterocycles. The Balaban J connectivity index is 1.60. The lowest BCUT2D eigenvalue weighted by Crippen LogP contribution is -2.50. The van der Waals surface area contributed by atoms with Crippen LogP contribution in [0.5, 0.6) is 0 Å². The molecule has 0 spiro atoms. The second-order valence-corrected chi connectivity index (χ2v) is 6.60. The number of likely N-dealkylation sites (N-methyl/N-ethyl adjacent to an activating group) is 1. The predicted molar refractivity (Wildman–Crippen MR) is 102 cm³/mol. The summed E-state index contributed by atoms with van der Waals surface area (Å²) in [4.78, 5) is 28.6. The van der Waals surface area contributed by atoms with Gasteiger partial charge in [-0.15, -0.1) is 0 Å². The molecule has 1 N–H and O–H groups in total. The number of amides is 2. The predicted octanol–water partition coefficient (Wildman–Crippen LogP) is 1.96. The van der Waals surface area contributed by atoms with E-state index in [1.165, 1.54) is 0 Å². The summed E-state index contributed by atoms with van der Waals surface area (Å²) in [5, 5.41) is 5.05. The van der Waals surface area contributed by atoms with E-state index in [1.54, 1.807) is 16.8 Å². The van der Waals surface area contributed by atoms with Crippen LogP contribution in [0.4, 0.5) is 5.69 Å². The topological polar surface area (TPSA) is 61.9 Å². The number of benzene rings is 2. The Morgan fingerprint density at radius 2 is 1.85 bits per heavy atom. The Morgan fingerprint density at radius 3 is 2.62 bits per heavy atom. The van der Waals surface area contributed by atoms with Crippen molar-refractivity contribution < 1.29 is 14.3 Å². The summed E-state index contributed by atoms with van der Waals surface area (Å²) in [7, 11) is 1.80. The molecule has 0 radical (unpaired) electrons. The molecular formula is C20H25N3O3. The van der Waals surface area contributed by atoms with Crippen LogP contribution in [-0.4, -0.2) is 67.6 Å². The van der Waals surface area contributed by atoms with Crippen molar-refractivity contribution in [3.8, 4) is 0 Å². The van der Waals surface area contributed by atoms with E-state index in [2.05, 4.69) is 5.32 Å². The average Bonchev–Trinajstić information content (AvgIpc) is 2.67. The largest absolute Gasteiger partial charge is 0.378 e. The van der Waals surface area contributed by atoms with Crippen molar-refractivity contribution in [1.29, 1.82) is 0 Å². The zero-order chi connectivity index (χ0) is 18.5. The van der Waals surface area contributed by atoms with Crippen LogP contribution in [0.25, 0.3) is 10.8 Å². The number of morpholine rings is 1. The Bertz CT molecular complexity index is 781. The molecule has 1 heterocycles. The van der Waals surface area contributed by atoms with E-state index < -0.39 is 0 Å². The standard InChI is InChI=1S/C20H25N3O3/c1-15(20(25)23-10-12-26-13-11-23)22(2)14-19(24)21-18-9-5-7-16-6-3-4-8-17(16)18/h3-9,15H,10-14H2,1-2H3,(H,21,24). The van der Waals surface area contributed by atoms with Crippen LogP contribution in [0.2, 0.25) is 0 Å². The van der Waals surface area contributed by atoms with Gasteiger partial charge >= 0.3 is 0 Å². The normalized spacial score (nSPS) is 15.9. The molecule has 1 aliphatic rings. The number of ether oxygens (including phenoxy) is 1. The fourth-order valence-electron chi connectivity index (χ4n) is 3.12. The SMILES string of the molecule is CC(C(=O)N1CCOCC1)N(C)CC(=O)Nc1cccc2ccccc12. The number of hydrogen-bond acceptors (Lipinski definition) is 4. The van der Waals surface area contributed by atoms with Gasteiger partial charge in [0.05, 0.1) is 25.8 Å². The smallest absolute Gasteiger partial charge is 0.239 e. The minimum atomic E-state index is -0.355. The number of fused-ring (bicyclic) bond motifs is 1. The van der Waals surface area contributed by atoms with Gasteiger partial charge in [-0.1, -0.05) is 36.4 Å². The Hall–Kier alpha value is -2.44. The minimum Gasteiger partial charge on any atom is -0.378 e. The summed E-state index contributed by atoms with van der Waals surface area (Å²) in [6.45, 7) is 4.36. The zero-order valence-corrected chi connectivity index (χ0v) is 15.3. The molecule has 138 valence electrons. The molecule has 0 bridgehead atoms. The van der Waals surface area contributed by atoms with Crippen molar-refractivity contribution >= 4 is 28.3 Å². The van der Waals surface area contributed by atoms with Crippen LogP contribution in [-0.2, 0) is 14.3 Å². The summed E-state index contributed by atoms with van der Waals surface area (Å²) in [5.74, 6) is -0.0979. The highest BCUT2D eigenvalue weighted by atomic mass is 16.5. The molecular weight excluding hydrogens is 330 g/mol. The van der Waals surface area contributed by atoms with E-state index >= 15 is 0 Å². The van der Waals surface area contributed by atoms with Gasteiger partial charge in [-0.3, -0.25) is 14.5 Å². The van der Waals surface area contributed by atoms with E-state index in [0.717, 1.165) is 16.5 Å². The summed E-state index contributed by atoms with van der Waals surface area (Å²) >= 11 is 0. The monoisotopic (exact) mass is 355 g/mol. The minimum absolute atomic E-state index is 0.0359. The van der Waals surface area contributed by atoms with Gasteiger partial charge in [-0.05, 0) is 25.4 Å². The van der Waals surface area contributed by atoms with Crippen LogP contribution >= 0.6 is 0 Å². The molecule has 2 aromatic rings. The van der Waals surface area contributed by atoms with E-state index in [0.29, 0.717) is 26.3 Å². The highest BCUT2D eigenvalue weighted by molar-refractivity contribution is 6.02. The second-order valence-electron chi connectivity index (χ2n) is 6.60. The lowest BCUT2D eigenvalue weighted by Gasteiger charge is -2.32. The molecule has 2 aromatic carbocycles. The fourth-order valence-corrected chi connectivity index (χ4v) is 3.12. The Kier molecular flexibility index (Phi) is 5.85. The fraction of sp³-hybridized carbons (Fsp3) is 0.400. The number of carbonyl (C=O) groups excluding carboxylic acids is 2. The molecule has 1 fully saturated rings. The third-order valence-corrected chi connectivity index (χ3v) is 4.80. The maximum Gasteiger partial charge on any atom is 0.239 e. The maximum absolute atomic E-state index is 12.6. The Labute approximate surface area is 153 Å². The van der Waals surface area contributed by atoms with Crippen molar-refractivity contribution in [2.45, 2.75) is 13.0 Å². The first kappa shape index (κ1) is 18.4. The zero-order valence-electron chi connectivity index (χ0n) is 15.3. The van der Waals surface area contributed by atoms with Gasteiger partial charge in [0, 0.05) is 24.2 Å². The average molecular weight is 355 g/mol. The molecule has 26 heavy (non-hydrogen) atoms. The second kappa shape index (κ2) is 8.29. The molecule has 1 aliphatic heterocycles. The van der Waals surface area contributed by atoms with E-state index in [9.17, 15) is 9.59 Å². The maximum atomic E-state index is 12.6. The summed E-state index contributed by atoms with van der Waals surface area (Å²) in [5.41, 5.74) is 0.786. The van der Waals surface area contributed by atoms with E-state index in [1.807, 2.05) is 49.4 Å². The van der Waals surface area contributed by atoms with E-state index in [4.69, 9.17) is 4.74 Å². The highest BCUT2D eigenvalue weighted by Gasteiger charge is 2.26. The first-order valence-electron chi connectivity index (χ1n) is 8.90. The van der Waals surface area contributed by atoms with Gasteiger partial charge < -0.3 is 15.0 Å². The molecule has 0 saturated carbocycles. The molecule has 6 heteroatoms. The molecule has 1 saturated heterocycles. The molecule has 2 amide bonds. The molecule has 0 aliphatic carbocycles. The number of anilines is 1. The van der Waals surface area contributed by atoms with Gasteiger partial charge in [-0.25, -0.2) is 0 Å². The molecule has 3 rings (SSSR count). The number of carbonyl (C=O) groups is 2. The summed E-state index contributed by atoms with van der Waals surface area (Å²) in [6, 6.07) is 13.4. The molecule has 6 nitrogen and oxygen atoms in total. The first-order valence-corrected chi connectivity index (χ1v) is 8.90. The van der Waals surface area contributed by atoms with E-state index in [-0.39, 0.29) is 24.4 Å². The van der Waals surface area contributed by atoms with Crippen molar-refractivity contribution in [2.24, 2.45) is 0 Å². The molecule has 1 atom stereocenters. The van der Waals surface area contributed by atoms with Crippen molar-refractivity contribution in [3.63, 3.8) is 0 Å². The number of hydrogen-bond donors (Lipinski definition) is 1. The third-order valence-electron chi connectivity index (χ3n) is 4.80. The lowest BCUT2D eigenvalue weighted by molar-refractivity contribution is -0.140. The first-order chi connectivity index (χ1) is 12.6. The van der Waals surface area contributed by atoms with Gasteiger partial charge in [0.15, 0.2) is 0 Å². The van der Waals surface area contributed by atoms with Gasteiger partial charge in [0.1, 0.15) is 0 Å². The van der Waals surface area contributed by atoms with Crippen LogP contribution in [0.15, 0.2) is 42.5 Å². The lowest BCUT2D eigenvalue weighted by atomic mass is 10.1. The van der Waals surface area contributed by atoms with Crippen molar-refractivity contribution in [1.82, 2.24) is 9.80 Å². The van der Waals surface area contributed by atoms with Crippen molar-refractivity contribution in [2.75, 3.05) is 45.2 Å². The quantitative estimate of drug-likeness (QED) is 0.891. The third kappa shape index (κ3) is 4.20. The van der Waals surface area contributed by atoms with Crippen LogP contribution in [0.1, 0.15) is 6.92 Å². The summed E-state index contributed by atoms with van der Waals surface area (Å²) in [6.07, 6.45) is 0. The number of rotatable bonds is 5. The Morgan fingerprint density at radius 1 is 1.15 bits per heavy atom. The molecule has 1 unspecified atom stereocenters. The summed E-state index contributed by atoms with van der Waals surface area (Å²) < 4.78 is 5.28. The van der Waals surface area contributed by atoms with Crippen molar-refractivity contribution in [3.05, 3.63) is 42.5 Å². The van der Waals surface area contributed by atoms with Crippen LogP contribution < -0.4 is 5.32 Å². The number of nitrogens with zero attached hydrogens (tertiary/aromatic N) is 2.